The van der Waals surface area contributed by atoms with Crippen LogP contribution < -0.4 is 11.1 Å². The summed E-state index contributed by atoms with van der Waals surface area (Å²) in [4.78, 5) is 22.6. The second kappa shape index (κ2) is 5.35. The molecule has 3 N–H and O–H groups in total. The quantitative estimate of drug-likeness (QED) is 0.876. The van der Waals surface area contributed by atoms with Gasteiger partial charge in [-0.25, -0.2) is 0 Å². The Morgan fingerprint density at radius 2 is 1.63 bits per heavy atom. The van der Waals surface area contributed by atoms with Crippen molar-refractivity contribution in [3.05, 3.63) is 59.7 Å². The molecule has 19 heavy (non-hydrogen) atoms. The van der Waals surface area contributed by atoms with E-state index in [9.17, 15) is 9.59 Å². The molecule has 0 atom stereocenters. The van der Waals surface area contributed by atoms with Crippen molar-refractivity contribution in [2.45, 2.75) is 0 Å². The van der Waals surface area contributed by atoms with Gasteiger partial charge in [-0.1, -0.05) is 24.3 Å². The van der Waals surface area contributed by atoms with E-state index in [0.29, 0.717) is 11.1 Å². The van der Waals surface area contributed by atoms with Crippen LogP contribution >= 0.6 is 0 Å². The van der Waals surface area contributed by atoms with Crippen molar-refractivity contribution in [3.63, 3.8) is 0 Å². The predicted molar refractivity (Wildman–Crippen MR) is 73.8 cm³/mol. The minimum Gasteiger partial charge on any atom is -0.366 e. The van der Waals surface area contributed by atoms with Gasteiger partial charge in [-0.05, 0) is 35.4 Å². The largest absolute Gasteiger partial charge is 0.366 e. The molecule has 0 unspecified atom stereocenters. The molecule has 4 heteroatoms. The predicted octanol–water partition coefficient (Wildman–Crippen LogP) is 1.81. The van der Waals surface area contributed by atoms with Crippen LogP contribution in [0.2, 0.25) is 0 Å². The summed E-state index contributed by atoms with van der Waals surface area (Å²) in [7, 11) is 1.59. The Kier molecular flexibility index (Phi) is 3.61. The lowest BCUT2D eigenvalue weighted by atomic mass is 10.0. The maximum Gasteiger partial charge on any atom is 0.251 e. The SMILES string of the molecule is CNC(=O)c1cccc(-c2ccc(C(N)=O)cc2)c1. The molecule has 4 nitrogen and oxygen atoms in total. The Bertz CT molecular complexity index is 618. The van der Waals surface area contributed by atoms with Crippen LogP contribution in [0.4, 0.5) is 0 Å². The van der Waals surface area contributed by atoms with Crippen molar-refractivity contribution >= 4 is 11.8 Å². The van der Waals surface area contributed by atoms with Gasteiger partial charge in [-0.2, -0.15) is 0 Å². The van der Waals surface area contributed by atoms with Crippen LogP contribution in [-0.4, -0.2) is 18.9 Å². The molecule has 0 aromatic heterocycles. The van der Waals surface area contributed by atoms with Gasteiger partial charge in [0.2, 0.25) is 5.91 Å². The number of carbonyl (C=O) groups excluding carboxylic acids is 2. The average Bonchev–Trinajstić information content (AvgIpc) is 2.46. The number of hydrogen-bond acceptors (Lipinski definition) is 2. The smallest absolute Gasteiger partial charge is 0.251 e. The third-order valence-corrected chi connectivity index (χ3v) is 2.85. The van der Waals surface area contributed by atoms with Crippen LogP contribution in [0, 0.1) is 0 Å². The highest BCUT2D eigenvalue weighted by atomic mass is 16.1. The standard InChI is InChI=1S/C15H14N2O2/c1-17-15(19)13-4-2-3-12(9-13)10-5-7-11(8-6-10)14(16)18/h2-9H,1H3,(H2,16,18)(H,17,19). The van der Waals surface area contributed by atoms with Crippen LogP contribution in [0.3, 0.4) is 0 Å². The zero-order valence-corrected chi connectivity index (χ0v) is 10.5. The fourth-order valence-corrected chi connectivity index (χ4v) is 1.81. The van der Waals surface area contributed by atoms with Gasteiger partial charge in [0, 0.05) is 18.2 Å². The minimum atomic E-state index is -0.453. The van der Waals surface area contributed by atoms with Gasteiger partial charge >= 0.3 is 0 Å². The molecule has 2 rings (SSSR count). The number of nitrogens with one attached hydrogen (secondary N) is 1. The van der Waals surface area contributed by atoms with Crippen molar-refractivity contribution < 1.29 is 9.59 Å². The summed E-state index contributed by atoms with van der Waals surface area (Å²) < 4.78 is 0. The van der Waals surface area contributed by atoms with Gasteiger partial charge in [0.25, 0.3) is 5.91 Å². The van der Waals surface area contributed by atoms with Crippen LogP contribution in [0.15, 0.2) is 48.5 Å². The Morgan fingerprint density at radius 3 is 2.21 bits per heavy atom. The number of benzene rings is 2. The Morgan fingerprint density at radius 1 is 0.947 bits per heavy atom. The van der Waals surface area contributed by atoms with Crippen molar-refractivity contribution in [1.82, 2.24) is 5.32 Å². The topological polar surface area (TPSA) is 72.2 Å². The molecule has 96 valence electrons. The lowest BCUT2D eigenvalue weighted by Crippen LogP contribution is -2.17. The van der Waals surface area contributed by atoms with Crippen molar-refractivity contribution in [3.8, 4) is 11.1 Å². The molecular formula is C15H14N2O2. The molecule has 2 amide bonds. The van der Waals surface area contributed by atoms with E-state index in [2.05, 4.69) is 5.32 Å². The van der Waals surface area contributed by atoms with Crippen molar-refractivity contribution in [2.75, 3.05) is 7.05 Å². The molecule has 2 aromatic carbocycles. The summed E-state index contributed by atoms with van der Waals surface area (Å²) in [5.41, 5.74) is 8.09. The summed E-state index contributed by atoms with van der Waals surface area (Å²) in [5, 5.41) is 2.58. The normalized spacial score (nSPS) is 9.95. The lowest BCUT2D eigenvalue weighted by Gasteiger charge is -2.05. The van der Waals surface area contributed by atoms with E-state index in [1.54, 1.807) is 31.3 Å². The van der Waals surface area contributed by atoms with E-state index in [-0.39, 0.29) is 5.91 Å². The Hall–Kier alpha value is -2.62. The maximum atomic E-state index is 11.6. The number of hydrogen-bond donors (Lipinski definition) is 2. The highest BCUT2D eigenvalue weighted by Gasteiger charge is 2.06. The monoisotopic (exact) mass is 254 g/mol. The van der Waals surface area contributed by atoms with Crippen molar-refractivity contribution in [1.29, 1.82) is 0 Å². The van der Waals surface area contributed by atoms with Crippen LogP contribution in [0.25, 0.3) is 11.1 Å². The number of carbonyl (C=O) groups is 2. The molecule has 2 aromatic rings. The fraction of sp³-hybridized carbons (Fsp3) is 0.0667. The highest BCUT2D eigenvalue weighted by molar-refractivity contribution is 5.95. The summed E-state index contributed by atoms with van der Waals surface area (Å²) in [6, 6.07) is 14.2. The maximum absolute atomic E-state index is 11.6. The third-order valence-electron chi connectivity index (χ3n) is 2.85. The van der Waals surface area contributed by atoms with Crippen molar-refractivity contribution in [2.24, 2.45) is 5.73 Å². The van der Waals surface area contributed by atoms with Gasteiger partial charge in [0.1, 0.15) is 0 Å². The summed E-state index contributed by atoms with van der Waals surface area (Å²) in [6.45, 7) is 0. The van der Waals surface area contributed by atoms with Gasteiger partial charge in [-0.3, -0.25) is 9.59 Å². The number of primary amides is 1. The first-order chi connectivity index (χ1) is 9.11. The van der Waals surface area contributed by atoms with Crippen LogP contribution in [0.5, 0.6) is 0 Å². The van der Waals surface area contributed by atoms with Gasteiger partial charge in [0.05, 0.1) is 0 Å². The number of rotatable bonds is 3. The first kappa shape index (κ1) is 12.8. The third kappa shape index (κ3) is 2.80. The molecule has 0 aliphatic rings. The van der Waals surface area contributed by atoms with E-state index in [1.165, 1.54) is 0 Å². The Balaban J connectivity index is 2.36. The first-order valence-electron chi connectivity index (χ1n) is 5.84. The Labute approximate surface area is 111 Å². The zero-order chi connectivity index (χ0) is 13.8. The molecule has 0 radical (unpaired) electrons. The van der Waals surface area contributed by atoms with Gasteiger partial charge < -0.3 is 11.1 Å². The molecule has 0 spiro atoms. The lowest BCUT2D eigenvalue weighted by molar-refractivity contribution is 0.0961. The molecule has 0 aliphatic heterocycles. The number of nitrogens with two attached hydrogens (primary N) is 1. The van der Waals surface area contributed by atoms with E-state index < -0.39 is 5.91 Å². The first-order valence-corrected chi connectivity index (χ1v) is 5.84. The second-order valence-corrected chi connectivity index (χ2v) is 4.10. The minimum absolute atomic E-state index is 0.129. The second-order valence-electron chi connectivity index (χ2n) is 4.10. The molecule has 0 bridgehead atoms. The average molecular weight is 254 g/mol. The summed E-state index contributed by atoms with van der Waals surface area (Å²) in [5.74, 6) is -0.582. The van der Waals surface area contributed by atoms with E-state index in [4.69, 9.17) is 5.73 Å². The molecule has 0 heterocycles. The highest BCUT2D eigenvalue weighted by Crippen LogP contribution is 2.21. The fourth-order valence-electron chi connectivity index (χ4n) is 1.81. The molecule has 0 fully saturated rings. The van der Waals surface area contributed by atoms with Gasteiger partial charge in [-0.15, -0.1) is 0 Å². The van der Waals surface area contributed by atoms with Gasteiger partial charge in [0.15, 0.2) is 0 Å². The van der Waals surface area contributed by atoms with E-state index in [0.717, 1.165) is 11.1 Å². The van der Waals surface area contributed by atoms with Crippen LogP contribution in [0.1, 0.15) is 20.7 Å². The summed E-state index contributed by atoms with van der Waals surface area (Å²) in [6.07, 6.45) is 0. The number of amides is 2. The molecule has 0 saturated heterocycles. The van der Waals surface area contributed by atoms with E-state index >= 15 is 0 Å². The molecule has 0 aliphatic carbocycles. The van der Waals surface area contributed by atoms with Crippen LogP contribution in [-0.2, 0) is 0 Å². The molecule has 0 saturated carbocycles. The van der Waals surface area contributed by atoms with E-state index in [1.807, 2.05) is 24.3 Å². The summed E-state index contributed by atoms with van der Waals surface area (Å²) >= 11 is 0. The molecular weight excluding hydrogens is 240 g/mol. The zero-order valence-electron chi connectivity index (χ0n) is 10.5.